The highest BCUT2D eigenvalue weighted by Gasteiger charge is 2.20. The van der Waals surface area contributed by atoms with Gasteiger partial charge in [0, 0.05) is 11.7 Å². The maximum atomic E-state index is 12.1. The van der Waals surface area contributed by atoms with Crippen LogP contribution in [0.4, 0.5) is 5.69 Å². The quantitative estimate of drug-likeness (QED) is 0.850. The fourth-order valence-corrected chi connectivity index (χ4v) is 2.68. The zero-order chi connectivity index (χ0) is 15.9. The van der Waals surface area contributed by atoms with E-state index in [2.05, 4.69) is 17.1 Å². The van der Waals surface area contributed by atoms with Crippen LogP contribution < -0.4 is 5.32 Å². The SMILES string of the molecule is CCOC(=O)c1ccc(NC(=O)CN2CCCC[C@@H]2C)cc1. The topological polar surface area (TPSA) is 58.6 Å². The Labute approximate surface area is 131 Å². The molecule has 5 heteroatoms. The Morgan fingerprint density at radius 1 is 1.27 bits per heavy atom. The second-order valence-corrected chi connectivity index (χ2v) is 5.66. The van der Waals surface area contributed by atoms with Crippen molar-refractivity contribution < 1.29 is 14.3 Å². The van der Waals surface area contributed by atoms with Gasteiger partial charge in [0.1, 0.15) is 0 Å². The van der Waals surface area contributed by atoms with Crippen LogP contribution in [0.25, 0.3) is 0 Å². The van der Waals surface area contributed by atoms with E-state index in [9.17, 15) is 9.59 Å². The molecular weight excluding hydrogens is 280 g/mol. The lowest BCUT2D eigenvalue weighted by molar-refractivity contribution is -0.118. The number of piperidine rings is 1. The van der Waals surface area contributed by atoms with E-state index in [1.54, 1.807) is 31.2 Å². The van der Waals surface area contributed by atoms with Gasteiger partial charge in [0.2, 0.25) is 5.91 Å². The van der Waals surface area contributed by atoms with Crippen LogP contribution in [0.5, 0.6) is 0 Å². The molecule has 0 bridgehead atoms. The molecule has 1 aliphatic rings. The predicted molar refractivity (Wildman–Crippen MR) is 85.9 cm³/mol. The summed E-state index contributed by atoms with van der Waals surface area (Å²) in [5.41, 5.74) is 1.19. The van der Waals surface area contributed by atoms with Crippen LogP contribution in [-0.2, 0) is 9.53 Å². The van der Waals surface area contributed by atoms with Crippen molar-refractivity contribution in [1.82, 2.24) is 4.90 Å². The van der Waals surface area contributed by atoms with Gasteiger partial charge in [-0.2, -0.15) is 0 Å². The minimum Gasteiger partial charge on any atom is -0.462 e. The number of amides is 1. The number of anilines is 1. The Kier molecular flexibility index (Phi) is 5.95. The number of benzene rings is 1. The molecule has 0 spiro atoms. The molecular formula is C17H24N2O3. The molecule has 5 nitrogen and oxygen atoms in total. The van der Waals surface area contributed by atoms with Gasteiger partial charge in [-0.3, -0.25) is 9.69 Å². The molecule has 1 aromatic rings. The molecule has 1 saturated heterocycles. The Morgan fingerprint density at radius 2 is 2.00 bits per heavy atom. The smallest absolute Gasteiger partial charge is 0.338 e. The number of nitrogens with one attached hydrogen (secondary N) is 1. The minimum absolute atomic E-state index is 0.0161. The summed E-state index contributed by atoms with van der Waals surface area (Å²) in [6.45, 7) is 5.69. The molecule has 0 unspecified atom stereocenters. The Bertz CT molecular complexity index is 513. The molecule has 22 heavy (non-hydrogen) atoms. The fraction of sp³-hybridized carbons (Fsp3) is 0.529. The molecule has 1 aliphatic heterocycles. The summed E-state index contributed by atoms with van der Waals surface area (Å²) >= 11 is 0. The van der Waals surface area contributed by atoms with Gasteiger partial charge in [0.05, 0.1) is 18.7 Å². The van der Waals surface area contributed by atoms with E-state index < -0.39 is 0 Å². The molecule has 0 saturated carbocycles. The van der Waals surface area contributed by atoms with Crippen LogP contribution in [0.1, 0.15) is 43.5 Å². The molecule has 1 amide bonds. The van der Waals surface area contributed by atoms with Gasteiger partial charge in [-0.25, -0.2) is 4.79 Å². The first-order chi connectivity index (χ1) is 10.6. The largest absolute Gasteiger partial charge is 0.462 e. The number of hydrogen-bond acceptors (Lipinski definition) is 4. The molecule has 0 radical (unpaired) electrons. The van der Waals surface area contributed by atoms with Crippen molar-refractivity contribution in [1.29, 1.82) is 0 Å². The second kappa shape index (κ2) is 7.94. The lowest BCUT2D eigenvalue weighted by Gasteiger charge is -2.32. The second-order valence-electron chi connectivity index (χ2n) is 5.66. The summed E-state index contributed by atoms with van der Waals surface area (Å²) in [7, 11) is 0. The fourth-order valence-electron chi connectivity index (χ4n) is 2.68. The average Bonchev–Trinajstić information content (AvgIpc) is 2.50. The number of carbonyl (C=O) groups is 2. The first-order valence-electron chi connectivity index (χ1n) is 7.91. The minimum atomic E-state index is -0.345. The van der Waals surface area contributed by atoms with Crippen molar-refractivity contribution >= 4 is 17.6 Å². The van der Waals surface area contributed by atoms with Crippen molar-refractivity contribution in [3.8, 4) is 0 Å². The van der Waals surface area contributed by atoms with Crippen LogP contribution in [0.15, 0.2) is 24.3 Å². The molecule has 1 N–H and O–H groups in total. The van der Waals surface area contributed by atoms with E-state index in [4.69, 9.17) is 4.74 Å². The maximum Gasteiger partial charge on any atom is 0.338 e. The Morgan fingerprint density at radius 3 is 2.64 bits per heavy atom. The summed E-state index contributed by atoms with van der Waals surface area (Å²) in [6, 6.07) is 7.24. The normalized spacial score (nSPS) is 18.7. The third-order valence-electron chi connectivity index (χ3n) is 3.97. The lowest BCUT2D eigenvalue weighted by atomic mass is 10.0. The van der Waals surface area contributed by atoms with Gasteiger partial charge in [0.25, 0.3) is 0 Å². The van der Waals surface area contributed by atoms with E-state index in [1.807, 2.05) is 0 Å². The highest BCUT2D eigenvalue weighted by Crippen LogP contribution is 2.16. The van der Waals surface area contributed by atoms with Crippen molar-refractivity contribution in [2.24, 2.45) is 0 Å². The van der Waals surface area contributed by atoms with Crippen LogP contribution >= 0.6 is 0 Å². The Balaban J connectivity index is 1.87. The summed E-state index contributed by atoms with van der Waals surface area (Å²) < 4.78 is 4.93. The molecule has 0 aromatic heterocycles. The molecule has 1 heterocycles. The number of likely N-dealkylation sites (tertiary alicyclic amines) is 1. The predicted octanol–water partition coefficient (Wildman–Crippen LogP) is 2.68. The number of rotatable bonds is 5. The number of ether oxygens (including phenoxy) is 1. The third kappa shape index (κ3) is 4.56. The first-order valence-corrected chi connectivity index (χ1v) is 7.91. The Hall–Kier alpha value is -1.88. The lowest BCUT2D eigenvalue weighted by Crippen LogP contribution is -2.42. The van der Waals surface area contributed by atoms with Crippen molar-refractivity contribution in [2.75, 3.05) is 25.0 Å². The summed E-state index contributed by atoms with van der Waals surface area (Å²) in [5, 5.41) is 2.88. The highest BCUT2D eigenvalue weighted by molar-refractivity contribution is 5.94. The van der Waals surface area contributed by atoms with Crippen molar-refractivity contribution in [3.05, 3.63) is 29.8 Å². The van der Waals surface area contributed by atoms with Gasteiger partial charge in [-0.15, -0.1) is 0 Å². The van der Waals surface area contributed by atoms with E-state index in [0.29, 0.717) is 30.4 Å². The van der Waals surface area contributed by atoms with Crippen LogP contribution in [0.2, 0.25) is 0 Å². The van der Waals surface area contributed by atoms with Crippen LogP contribution in [0, 0.1) is 0 Å². The highest BCUT2D eigenvalue weighted by atomic mass is 16.5. The van der Waals surface area contributed by atoms with E-state index >= 15 is 0 Å². The van der Waals surface area contributed by atoms with Gasteiger partial charge >= 0.3 is 5.97 Å². The number of carbonyl (C=O) groups excluding carboxylic acids is 2. The van der Waals surface area contributed by atoms with E-state index in [1.165, 1.54) is 6.42 Å². The molecule has 1 fully saturated rings. The van der Waals surface area contributed by atoms with Gasteiger partial charge < -0.3 is 10.1 Å². The zero-order valence-electron chi connectivity index (χ0n) is 13.3. The molecule has 1 aromatic carbocycles. The third-order valence-corrected chi connectivity index (χ3v) is 3.97. The first kappa shape index (κ1) is 16.5. The van der Waals surface area contributed by atoms with E-state index in [-0.39, 0.29) is 11.9 Å². The number of nitrogens with zero attached hydrogens (tertiary/aromatic N) is 1. The molecule has 0 aliphatic carbocycles. The van der Waals surface area contributed by atoms with Gasteiger partial charge in [-0.05, 0) is 57.5 Å². The van der Waals surface area contributed by atoms with Gasteiger partial charge in [-0.1, -0.05) is 6.42 Å². The van der Waals surface area contributed by atoms with Gasteiger partial charge in [0.15, 0.2) is 0 Å². The molecule has 2 rings (SSSR count). The van der Waals surface area contributed by atoms with Crippen molar-refractivity contribution in [2.45, 2.75) is 39.2 Å². The van der Waals surface area contributed by atoms with E-state index in [0.717, 1.165) is 19.4 Å². The maximum absolute atomic E-state index is 12.1. The number of hydrogen-bond donors (Lipinski definition) is 1. The molecule has 1 atom stereocenters. The summed E-state index contributed by atoms with van der Waals surface area (Å²) in [5.74, 6) is -0.361. The monoisotopic (exact) mass is 304 g/mol. The molecule has 120 valence electrons. The zero-order valence-corrected chi connectivity index (χ0v) is 13.3. The average molecular weight is 304 g/mol. The summed E-state index contributed by atoms with van der Waals surface area (Å²) in [4.78, 5) is 25.9. The van der Waals surface area contributed by atoms with Crippen LogP contribution in [-0.4, -0.2) is 42.5 Å². The van der Waals surface area contributed by atoms with Crippen LogP contribution in [0.3, 0.4) is 0 Å². The van der Waals surface area contributed by atoms with Crippen molar-refractivity contribution in [3.63, 3.8) is 0 Å². The standard InChI is InChI=1S/C17H24N2O3/c1-3-22-17(21)14-7-9-15(10-8-14)18-16(20)12-19-11-5-4-6-13(19)2/h7-10,13H,3-6,11-12H2,1-2H3,(H,18,20)/t13-/m0/s1. The number of esters is 1. The summed E-state index contributed by atoms with van der Waals surface area (Å²) in [6.07, 6.45) is 3.56.